The van der Waals surface area contributed by atoms with Crippen LogP contribution < -0.4 is 20.7 Å². The van der Waals surface area contributed by atoms with Crippen LogP contribution in [-0.4, -0.2) is 67.9 Å². The number of ether oxygens (including phenoxy) is 2. The molecule has 0 saturated carbocycles. The molecule has 0 atom stereocenters. The number of carbonyl (C=O) groups excluding carboxylic acids is 2. The van der Waals surface area contributed by atoms with Gasteiger partial charge in [-0.25, -0.2) is 24.4 Å². The van der Waals surface area contributed by atoms with Gasteiger partial charge in [0, 0.05) is 48.6 Å². The number of piperidine rings is 1. The molecule has 1 saturated heterocycles. The van der Waals surface area contributed by atoms with Crippen molar-refractivity contribution in [2.24, 2.45) is 0 Å². The van der Waals surface area contributed by atoms with Crippen LogP contribution >= 0.6 is 0 Å². The van der Waals surface area contributed by atoms with Crippen LogP contribution in [0.3, 0.4) is 0 Å². The standard InChI is InChI=1S/C42H45N9O4/c1-27-9-8-10-29(21-27)51-39(23-36(49-51)42(2,3)4)48-41(53)46-33-13-14-35(32-12-7-6-11-31(32)33)55-26-28-15-18-43-37(22-28)47-38-25-44-34(24-45-38)40(52)50-19-16-30(54-5)17-20-50/h6-15,18,21-25,30H,16-17,19-20,26H2,1-5H3,(H,43,45,47)(H2,46,48,53). The second-order valence-corrected chi connectivity index (χ2v) is 14.6. The highest BCUT2D eigenvalue weighted by molar-refractivity contribution is 6.07. The number of aromatic nitrogens is 5. The van der Waals surface area contributed by atoms with E-state index < -0.39 is 6.03 Å². The number of likely N-dealkylation sites (tertiary alicyclic amines) is 1. The molecule has 0 aliphatic carbocycles. The zero-order chi connectivity index (χ0) is 38.5. The van der Waals surface area contributed by atoms with Crippen LogP contribution in [0.4, 0.5) is 27.9 Å². The molecule has 0 unspecified atom stereocenters. The average Bonchev–Trinajstić information content (AvgIpc) is 3.62. The number of amides is 3. The van der Waals surface area contributed by atoms with Gasteiger partial charge in [-0.05, 0) is 67.3 Å². The highest BCUT2D eigenvalue weighted by Gasteiger charge is 2.25. The van der Waals surface area contributed by atoms with E-state index in [4.69, 9.17) is 14.6 Å². The number of hydrogen-bond acceptors (Lipinski definition) is 9. The maximum Gasteiger partial charge on any atom is 0.324 e. The molecule has 6 aromatic rings. The van der Waals surface area contributed by atoms with Gasteiger partial charge in [0.25, 0.3) is 5.91 Å². The van der Waals surface area contributed by atoms with Gasteiger partial charge in [0.1, 0.15) is 35.5 Å². The molecule has 3 aromatic heterocycles. The third-order valence-corrected chi connectivity index (χ3v) is 9.51. The quantitative estimate of drug-likeness (QED) is 0.127. The molecule has 7 rings (SSSR count). The first kappa shape index (κ1) is 37.0. The molecule has 3 amide bonds. The van der Waals surface area contributed by atoms with Crippen LogP contribution in [0.2, 0.25) is 0 Å². The van der Waals surface area contributed by atoms with Crippen molar-refractivity contribution in [2.45, 2.75) is 58.7 Å². The fraction of sp³-hybridized carbons (Fsp3) is 0.286. The number of aryl methyl sites for hydroxylation is 1. The van der Waals surface area contributed by atoms with Gasteiger partial charge in [-0.1, -0.05) is 57.2 Å². The highest BCUT2D eigenvalue weighted by atomic mass is 16.5. The third-order valence-electron chi connectivity index (χ3n) is 9.51. The molecular formula is C42H45N9O4. The lowest BCUT2D eigenvalue weighted by Crippen LogP contribution is -2.40. The lowest BCUT2D eigenvalue weighted by molar-refractivity contribution is 0.0347. The number of anilines is 4. The molecular weight excluding hydrogens is 695 g/mol. The Morgan fingerprint density at radius 3 is 2.38 bits per heavy atom. The molecule has 1 fully saturated rings. The topological polar surface area (TPSA) is 148 Å². The summed E-state index contributed by atoms with van der Waals surface area (Å²) in [5, 5.41) is 15.7. The summed E-state index contributed by atoms with van der Waals surface area (Å²) in [7, 11) is 1.70. The zero-order valence-electron chi connectivity index (χ0n) is 31.7. The van der Waals surface area contributed by atoms with Crippen molar-refractivity contribution in [3.8, 4) is 11.4 Å². The minimum absolute atomic E-state index is 0.137. The SMILES string of the molecule is COC1CCN(C(=O)c2cnc(Nc3cc(COc4ccc(NC(=O)Nc5cc(C(C)(C)C)nn5-c5cccc(C)c5)c5ccccc45)ccn3)cn2)CC1. The lowest BCUT2D eigenvalue weighted by atomic mass is 9.92. The van der Waals surface area contributed by atoms with Crippen LogP contribution in [0.1, 0.15) is 60.9 Å². The Kier molecular flexibility index (Phi) is 10.7. The monoisotopic (exact) mass is 739 g/mol. The minimum atomic E-state index is -0.390. The Hall–Kier alpha value is -6.34. The molecule has 3 N–H and O–H groups in total. The van der Waals surface area contributed by atoms with Crippen LogP contribution in [0.15, 0.2) is 97.5 Å². The van der Waals surface area contributed by atoms with E-state index in [-0.39, 0.29) is 24.0 Å². The lowest BCUT2D eigenvalue weighted by Gasteiger charge is -2.30. The van der Waals surface area contributed by atoms with Crippen molar-refractivity contribution in [3.63, 3.8) is 0 Å². The third kappa shape index (κ3) is 8.73. The van der Waals surface area contributed by atoms with E-state index in [1.807, 2.05) is 85.8 Å². The summed E-state index contributed by atoms with van der Waals surface area (Å²) >= 11 is 0. The second-order valence-electron chi connectivity index (χ2n) is 14.6. The van der Waals surface area contributed by atoms with Gasteiger partial charge < -0.3 is 25.0 Å². The summed E-state index contributed by atoms with van der Waals surface area (Å²) in [6.45, 7) is 9.84. The normalized spacial score (nSPS) is 13.4. The summed E-state index contributed by atoms with van der Waals surface area (Å²) in [6.07, 6.45) is 6.51. The summed E-state index contributed by atoms with van der Waals surface area (Å²) in [5.41, 5.74) is 4.41. The molecule has 0 spiro atoms. The maximum absolute atomic E-state index is 13.5. The Morgan fingerprint density at radius 2 is 1.65 bits per heavy atom. The molecule has 3 aromatic carbocycles. The van der Waals surface area contributed by atoms with Crippen molar-refractivity contribution in [1.82, 2.24) is 29.6 Å². The van der Waals surface area contributed by atoms with Crippen molar-refractivity contribution in [3.05, 3.63) is 120 Å². The first-order valence-corrected chi connectivity index (χ1v) is 18.3. The van der Waals surface area contributed by atoms with Crippen LogP contribution in [0, 0.1) is 6.92 Å². The molecule has 55 heavy (non-hydrogen) atoms. The summed E-state index contributed by atoms with van der Waals surface area (Å²) in [4.78, 5) is 41.4. The first-order chi connectivity index (χ1) is 26.5. The molecule has 1 aliphatic rings. The fourth-order valence-corrected chi connectivity index (χ4v) is 6.45. The number of nitrogens with one attached hydrogen (secondary N) is 3. The predicted molar refractivity (Wildman–Crippen MR) is 213 cm³/mol. The van der Waals surface area contributed by atoms with E-state index in [1.54, 1.807) is 22.9 Å². The molecule has 1 aliphatic heterocycles. The van der Waals surface area contributed by atoms with Gasteiger partial charge in [0.15, 0.2) is 0 Å². The van der Waals surface area contributed by atoms with Crippen molar-refractivity contribution in [2.75, 3.05) is 36.1 Å². The van der Waals surface area contributed by atoms with Crippen molar-refractivity contribution >= 4 is 45.9 Å². The van der Waals surface area contributed by atoms with Crippen LogP contribution in [0.5, 0.6) is 5.75 Å². The largest absolute Gasteiger partial charge is 0.488 e. The number of fused-ring (bicyclic) bond motifs is 1. The van der Waals surface area contributed by atoms with E-state index in [1.165, 1.54) is 12.4 Å². The first-order valence-electron chi connectivity index (χ1n) is 18.3. The fourth-order valence-electron chi connectivity index (χ4n) is 6.45. The van der Waals surface area contributed by atoms with Gasteiger partial charge in [-0.2, -0.15) is 5.10 Å². The zero-order valence-corrected chi connectivity index (χ0v) is 31.7. The second kappa shape index (κ2) is 15.9. The van der Waals surface area contributed by atoms with Gasteiger partial charge in [-0.15, -0.1) is 0 Å². The Balaban J connectivity index is 1.00. The molecule has 282 valence electrons. The minimum Gasteiger partial charge on any atom is -0.488 e. The summed E-state index contributed by atoms with van der Waals surface area (Å²) in [6, 6.07) is 24.7. The summed E-state index contributed by atoms with van der Waals surface area (Å²) in [5.74, 6) is 2.12. The Bertz CT molecular complexity index is 2310. The summed E-state index contributed by atoms with van der Waals surface area (Å²) < 4.78 is 13.5. The number of methoxy groups -OCH3 is 1. The number of carbonyl (C=O) groups is 2. The molecule has 0 bridgehead atoms. The number of urea groups is 1. The number of nitrogens with zero attached hydrogens (tertiary/aromatic N) is 6. The van der Waals surface area contributed by atoms with Crippen molar-refractivity contribution in [1.29, 1.82) is 0 Å². The highest BCUT2D eigenvalue weighted by Crippen LogP contribution is 2.33. The number of hydrogen-bond donors (Lipinski definition) is 3. The maximum atomic E-state index is 13.5. The van der Waals surface area contributed by atoms with E-state index in [0.29, 0.717) is 47.7 Å². The van der Waals surface area contributed by atoms with Gasteiger partial charge >= 0.3 is 6.03 Å². The van der Waals surface area contributed by atoms with Gasteiger partial charge in [-0.3, -0.25) is 10.1 Å². The molecule has 13 nitrogen and oxygen atoms in total. The van der Waals surface area contributed by atoms with Gasteiger partial charge in [0.2, 0.25) is 0 Å². The smallest absolute Gasteiger partial charge is 0.324 e. The van der Waals surface area contributed by atoms with Crippen LogP contribution in [0.25, 0.3) is 16.5 Å². The molecule has 0 radical (unpaired) electrons. The predicted octanol–water partition coefficient (Wildman–Crippen LogP) is 8.03. The molecule has 4 heterocycles. The number of pyridine rings is 1. The number of benzene rings is 3. The number of rotatable bonds is 10. The van der Waals surface area contributed by atoms with E-state index in [0.717, 1.165) is 46.1 Å². The van der Waals surface area contributed by atoms with Crippen LogP contribution in [-0.2, 0) is 16.8 Å². The Morgan fingerprint density at radius 1 is 0.855 bits per heavy atom. The molecule has 13 heteroatoms. The van der Waals surface area contributed by atoms with E-state index in [2.05, 4.69) is 51.7 Å². The average molecular weight is 740 g/mol. The van der Waals surface area contributed by atoms with Gasteiger partial charge in [0.05, 0.1) is 35.6 Å². The van der Waals surface area contributed by atoms with E-state index >= 15 is 0 Å². The van der Waals surface area contributed by atoms with E-state index in [9.17, 15) is 9.59 Å². The Labute approximate surface area is 320 Å². The van der Waals surface area contributed by atoms with Crippen molar-refractivity contribution < 1.29 is 19.1 Å².